The lowest BCUT2D eigenvalue weighted by Crippen LogP contribution is -2.51. The van der Waals surface area contributed by atoms with Gasteiger partial charge in [-0.15, -0.1) is 0 Å². The first kappa shape index (κ1) is 19.7. The number of alkyl carbamates (subject to hydrolysis) is 1. The first-order valence-corrected chi connectivity index (χ1v) is 10.1. The Morgan fingerprint density at radius 3 is 2.55 bits per heavy atom. The van der Waals surface area contributed by atoms with Crippen LogP contribution in [0.5, 0.6) is 0 Å². The lowest BCUT2D eigenvalue weighted by molar-refractivity contribution is -0.140. The summed E-state index contributed by atoms with van der Waals surface area (Å²) < 4.78 is 10.1. The van der Waals surface area contributed by atoms with Crippen LogP contribution < -0.4 is 5.32 Å². The standard InChI is InChI=1S/C20H23ClN4O4/c1-28-20(27)22-16-10-14(11-16)19(26)25-8-6-13(7-9-25)18-23-17(24-29-18)12-2-4-15(21)5-3-12/h2-5,13-14,16H,6-11H2,1H3,(H,22,27). The number of rotatable bonds is 4. The number of ether oxygens (including phenoxy) is 1. The highest BCUT2D eigenvalue weighted by Gasteiger charge is 2.39. The summed E-state index contributed by atoms with van der Waals surface area (Å²) in [5.74, 6) is 1.47. The van der Waals surface area contributed by atoms with Crippen LogP contribution in [-0.4, -0.2) is 53.3 Å². The molecular weight excluding hydrogens is 396 g/mol. The summed E-state index contributed by atoms with van der Waals surface area (Å²) in [6, 6.07) is 7.34. The number of carbonyl (C=O) groups is 2. The van der Waals surface area contributed by atoms with Crippen molar-refractivity contribution in [1.82, 2.24) is 20.4 Å². The quantitative estimate of drug-likeness (QED) is 0.818. The van der Waals surface area contributed by atoms with Gasteiger partial charge >= 0.3 is 6.09 Å². The summed E-state index contributed by atoms with van der Waals surface area (Å²) in [5, 5.41) is 7.48. The largest absolute Gasteiger partial charge is 0.453 e. The van der Waals surface area contributed by atoms with Gasteiger partial charge in [0.2, 0.25) is 17.6 Å². The van der Waals surface area contributed by atoms with E-state index in [4.69, 9.17) is 16.1 Å². The molecule has 1 aliphatic heterocycles. The van der Waals surface area contributed by atoms with Crippen molar-refractivity contribution in [2.24, 2.45) is 5.92 Å². The molecule has 2 amide bonds. The van der Waals surface area contributed by atoms with Gasteiger partial charge in [-0.2, -0.15) is 4.98 Å². The first-order chi connectivity index (χ1) is 14.0. The molecule has 1 N–H and O–H groups in total. The van der Waals surface area contributed by atoms with Gasteiger partial charge in [-0.25, -0.2) is 4.79 Å². The summed E-state index contributed by atoms with van der Waals surface area (Å²) in [6.45, 7) is 1.35. The van der Waals surface area contributed by atoms with E-state index < -0.39 is 6.09 Å². The van der Waals surface area contributed by atoms with Crippen molar-refractivity contribution < 1.29 is 18.8 Å². The van der Waals surface area contributed by atoms with Gasteiger partial charge in [0.05, 0.1) is 7.11 Å². The maximum absolute atomic E-state index is 12.7. The third kappa shape index (κ3) is 4.37. The van der Waals surface area contributed by atoms with E-state index in [0.717, 1.165) is 18.4 Å². The topological polar surface area (TPSA) is 97.6 Å². The number of aromatic nitrogens is 2. The van der Waals surface area contributed by atoms with Crippen LogP contribution in [0.1, 0.15) is 37.5 Å². The van der Waals surface area contributed by atoms with Crippen molar-refractivity contribution in [2.45, 2.75) is 37.6 Å². The fourth-order valence-corrected chi connectivity index (χ4v) is 4.01. The Kier molecular flexibility index (Phi) is 5.71. The van der Waals surface area contributed by atoms with E-state index in [-0.39, 0.29) is 23.8 Å². The van der Waals surface area contributed by atoms with Gasteiger partial charge in [0.15, 0.2) is 0 Å². The van der Waals surface area contributed by atoms with Crippen LogP contribution >= 0.6 is 11.6 Å². The van der Waals surface area contributed by atoms with Gasteiger partial charge in [-0.05, 0) is 49.9 Å². The van der Waals surface area contributed by atoms with Gasteiger partial charge in [0, 0.05) is 41.6 Å². The van der Waals surface area contributed by atoms with Crippen molar-refractivity contribution in [1.29, 1.82) is 0 Å². The fourth-order valence-electron chi connectivity index (χ4n) is 3.89. The molecular formula is C20H23ClN4O4. The molecule has 0 radical (unpaired) electrons. The van der Waals surface area contributed by atoms with E-state index in [0.29, 0.717) is 42.7 Å². The number of methoxy groups -OCH3 is 1. The smallest absolute Gasteiger partial charge is 0.407 e. The number of likely N-dealkylation sites (tertiary alicyclic amines) is 1. The number of nitrogens with zero attached hydrogens (tertiary/aromatic N) is 3. The molecule has 2 aliphatic rings. The average molecular weight is 419 g/mol. The predicted octanol–water partition coefficient (Wildman–Crippen LogP) is 3.23. The number of hydrogen-bond acceptors (Lipinski definition) is 6. The molecule has 0 atom stereocenters. The van der Waals surface area contributed by atoms with Gasteiger partial charge in [0.1, 0.15) is 0 Å². The van der Waals surface area contributed by atoms with Crippen LogP contribution in [0.15, 0.2) is 28.8 Å². The molecule has 2 aromatic rings. The maximum Gasteiger partial charge on any atom is 0.407 e. The third-order valence-electron chi connectivity index (χ3n) is 5.69. The van der Waals surface area contributed by atoms with E-state index in [9.17, 15) is 9.59 Å². The number of carbonyl (C=O) groups excluding carboxylic acids is 2. The minimum Gasteiger partial charge on any atom is -0.453 e. The van der Waals surface area contributed by atoms with Crippen molar-refractivity contribution in [3.8, 4) is 11.4 Å². The summed E-state index contributed by atoms with van der Waals surface area (Å²) in [7, 11) is 1.34. The highest BCUT2D eigenvalue weighted by molar-refractivity contribution is 6.30. The molecule has 1 aliphatic carbocycles. The summed E-state index contributed by atoms with van der Waals surface area (Å²) in [4.78, 5) is 30.3. The zero-order chi connectivity index (χ0) is 20.4. The predicted molar refractivity (Wildman–Crippen MR) is 105 cm³/mol. The Bertz CT molecular complexity index is 871. The SMILES string of the molecule is COC(=O)NC1CC(C(=O)N2CCC(c3nc(-c4ccc(Cl)cc4)no3)CC2)C1. The molecule has 154 valence electrons. The molecule has 1 aromatic carbocycles. The zero-order valence-electron chi connectivity index (χ0n) is 16.1. The fraction of sp³-hybridized carbons (Fsp3) is 0.500. The summed E-state index contributed by atoms with van der Waals surface area (Å²) in [6.07, 6.45) is 2.48. The van der Waals surface area contributed by atoms with Crippen LogP contribution in [0.2, 0.25) is 5.02 Å². The van der Waals surface area contributed by atoms with Crippen molar-refractivity contribution in [2.75, 3.05) is 20.2 Å². The molecule has 29 heavy (non-hydrogen) atoms. The molecule has 0 spiro atoms. The highest BCUT2D eigenvalue weighted by Crippen LogP contribution is 2.33. The number of amides is 2. The number of halogens is 1. The second-order valence-electron chi connectivity index (χ2n) is 7.56. The second kappa shape index (κ2) is 8.41. The Balaban J connectivity index is 1.27. The van der Waals surface area contributed by atoms with Crippen LogP contribution in [0.4, 0.5) is 4.79 Å². The third-order valence-corrected chi connectivity index (χ3v) is 5.95. The first-order valence-electron chi connectivity index (χ1n) is 9.76. The monoisotopic (exact) mass is 418 g/mol. The van der Waals surface area contributed by atoms with Crippen LogP contribution in [-0.2, 0) is 9.53 Å². The van der Waals surface area contributed by atoms with E-state index >= 15 is 0 Å². The molecule has 1 saturated carbocycles. The molecule has 0 unspecified atom stereocenters. The maximum atomic E-state index is 12.7. The van der Waals surface area contributed by atoms with Gasteiger partial charge < -0.3 is 19.5 Å². The molecule has 0 bridgehead atoms. The normalized spacial score (nSPS) is 22.1. The minimum absolute atomic E-state index is 0.0198. The van der Waals surface area contributed by atoms with Crippen molar-refractivity contribution >= 4 is 23.6 Å². The summed E-state index contributed by atoms with van der Waals surface area (Å²) in [5.41, 5.74) is 0.858. The Morgan fingerprint density at radius 2 is 1.90 bits per heavy atom. The van der Waals surface area contributed by atoms with Crippen molar-refractivity contribution in [3.05, 3.63) is 35.2 Å². The lowest BCUT2D eigenvalue weighted by Gasteiger charge is -2.39. The molecule has 2 fully saturated rings. The van der Waals surface area contributed by atoms with Crippen LogP contribution in [0, 0.1) is 5.92 Å². The molecule has 1 saturated heterocycles. The lowest BCUT2D eigenvalue weighted by atomic mass is 9.79. The summed E-state index contributed by atoms with van der Waals surface area (Å²) >= 11 is 5.92. The van der Waals surface area contributed by atoms with Gasteiger partial charge in [-0.3, -0.25) is 4.79 Å². The van der Waals surface area contributed by atoms with Crippen LogP contribution in [0.25, 0.3) is 11.4 Å². The van der Waals surface area contributed by atoms with Gasteiger partial charge in [-0.1, -0.05) is 16.8 Å². The van der Waals surface area contributed by atoms with E-state index in [1.165, 1.54) is 7.11 Å². The molecule has 8 nitrogen and oxygen atoms in total. The molecule has 9 heteroatoms. The number of piperidine rings is 1. The Hall–Kier alpha value is -2.61. The second-order valence-corrected chi connectivity index (χ2v) is 8.00. The number of hydrogen-bond donors (Lipinski definition) is 1. The number of nitrogens with one attached hydrogen (secondary N) is 1. The molecule has 4 rings (SSSR count). The highest BCUT2D eigenvalue weighted by atomic mass is 35.5. The Morgan fingerprint density at radius 1 is 1.21 bits per heavy atom. The zero-order valence-corrected chi connectivity index (χ0v) is 16.9. The van der Waals surface area contributed by atoms with Crippen molar-refractivity contribution in [3.63, 3.8) is 0 Å². The molecule has 1 aromatic heterocycles. The molecule has 2 heterocycles. The van der Waals surface area contributed by atoms with Crippen LogP contribution in [0.3, 0.4) is 0 Å². The van der Waals surface area contributed by atoms with Gasteiger partial charge in [0.25, 0.3) is 0 Å². The Labute approximate surface area is 173 Å². The van der Waals surface area contributed by atoms with E-state index in [2.05, 4.69) is 20.2 Å². The van der Waals surface area contributed by atoms with E-state index in [1.807, 2.05) is 17.0 Å². The van der Waals surface area contributed by atoms with E-state index in [1.54, 1.807) is 12.1 Å². The average Bonchev–Trinajstić information content (AvgIpc) is 3.20. The number of benzene rings is 1. The minimum atomic E-state index is -0.445.